The molecular formula is C29H37FN2O4. The summed E-state index contributed by atoms with van der Waals surface area (Å²) in [5.41, 5.74) is 1.70. The summed E-state index contributed by atoms with van der Waals surface area (Å²) in [6, 6.07) is 14.6. The van der Waals surface area contributed by atoms with Crippen molar-refractivity contribution < 1.29 is 18.6 Å². The molecule has 0 N–H and O–H groups in total. The Kier molecular flexibility index (Phi) is 9.50. The molecule has 0 bridgehead atoms. The number of nitrogens with zero attached hydrogens (tertiary/aromatic N) is 2. The molecule has 0 radical (unpaired) electrons. The van der Waals surface area contributed by atoms with Crippen LogP contribution >= 0.6 is 0 Å². The lowest BCUT2D eigenvalue weighted by molar-refractivity contribution is -0.232. The van der Waals surface area contributed by atoms with E-state index in [1.807, 2.05) is 30.3 Å². The van der Waals surface area contributed by atoms with Gasteiger partial charge in [0, 0.05) is 24.5 Å². The van der Waals surface area contributed by atoms with Crippen molar-refractivity contribution >= 4 is 0 Å². The Morgan fingerprint density at radius 2 is 1.72 bits per heavy atom. The lowest BCUT2D eigenvalue weighted by atomic mass is 9.95. The number of ether oxygens (including phenoxy) is 3. The Morgan fingerprint density at radius 3 is 2.39 bits per heavy atom. The largest absolute Gasteiger partial charge is 0.369 e. The van der Waals surface area contributed by atoms with Crippen molar-refractivity contribution in [1.29, 1.82) is 0 Å². The van der Waals surface area contributed by atoms with Gasteiger partial charge in [-0.3, -0.25) is 9.13 Å². The number of imidazole rings is 1. The average molecular weight is 497 g/mol. The third-order valence-corrected chi connectivity index (χ3v) is 6.72. The molecule has 4 rings (SSSR count). The van der Waals surface area contributed by atoms with E-state index in [1.165, 1.54) is 23.5 Å². The van der Waals surface area contributed by atoms with Gasteiger partial charge in [0.05, 0.1) is 25.5 Å². The molecule has 1 aliphatic rings. The van der Waals surface area contributed by atoms with E-state index in [2.05, 4.69) is 13.8 Å². The molecule has 1 saturated heterocycles. The minimum absolute atomic E-state index is 0.214. The second-order valence-corrected chi connectivity index (χ2v) is 9.50. The summed E-state index contributed by atoms with van der Waals surface area (Å²) >= 11 is 0. The molecule has 6 nitrogen and oxygen atoms in total. The first-order chi connectivity index (χ1) is 17.6. The van der Waals surface area contributed by atoms with E-state index in [0.717, 1.165) is 24.8 Å². The molecule has 1 fully saturated rings. The van der Waals surface area contributed by atoms with Gasteiger partial charge in [-0.15, -0.1) is 0 Å². The highest BCUT2D eigenvalue weighted by Crippen LogP contribution is 2.24. The Morgan fingerprint density at radius 1 is 1.00 bits per heavy atom. The van der Waals surface area contributed by atoms with Crippen LogP contribution in [0.5, 0.6) is 0 Å². The fourth-order valence-electron chi connectivity index (χ4n) is 4.77. The maximum Gasteiger partial charge on any atom is 0.332 e. The molecule has 0 spiro atoms. The summed E-state index contributed by atoms with van der Waals surface area (Å²) < 4.78 is 35.5. The van der Waals surface area contributed by atoms with Gasteiger partial charge in [-0.1, -0.05) is 75.9 Å². The minimum Gasteiger partial charge on any atom is -0.369 e. The molecule has 2 aromatic carbocycles. The van der Waals surface area contributed by atoms with Crippen LogP contribution in [0.3, 0.4) is 0 Å². The Balaban J connectivity index is 1.31. The van der Waals surface area contributed by atoms with Gasteiger partial charge < -0.3 is 14.2 Å². The summed E-state index contributed by atoms with van der Waals surface area (Å²) in [6.45, 7) is 6.08. The first-order valence-electron chi connectivity index (χ1n) is 13.0. The van der Waals surface area contributed by atoms with Crippen LogP contribution in [0.15, 0.2) is 65.7 Å². The first-order valence-corrected chi connectivity index (χ1v) is 13.0. The molecule has 0 aliphatic carbocycles. The van der Waals surface area contributed by atoms with E-state index in [1.54, 1.807) is 29.1 Å². The SMILES string of the molecule is CCCC(CCC)CCn1ccn(-c2ccc(COC3COC(c4ccccc4)OC3)cc2F)c1=O. The highest BCUT2D eigenvalue weighted by molar-refractivity contribution is 5.36. The molecule has 1 aliphatic heterocycles. The van der Waals surface area contributed by atoms with Crippen LogP contribution in [0.1, 0.15) is 63.4 Å². The topological polar surface area (TPSA) is 54.6 Å². The van der Waals surface area contributed by atoms with Crippen molar-refractivity contribution in [2.45, 2.75) is 71.5 Å². The fraction of sp³-hybridized carbons (Fsp3) is 0.483. The van der Waals surface area contributed by atoms with Crippen molar-refractivity contribution in [2.24, 2.45) is 5.92 Å². The summed E-state index contributed by atoms with van der Waals surface area (Å²) in [6.07, 6.45) is 8.39. The smallest absolute Gasteiger partial charge is 0.332 e. The summed E-state index contributed by atoms with van der Waals surface area (Å²) in [4.78, 5) is 12.9. The van der Waals surface area contributed by atoms with E-state index in [4.69, 9.17) is 14.2 Å². The van der Waals surface area contributed by atoms with Crippen molar-refractivity contribution in [3.05, 3.63) is 88.4 Å². The Hall–Kier alpha value is -2.74. The van der Waals surface area contributed by atoms with Crippen LogP contribution in [0.25, 0.3) is 5.69 Å². The third kappa shape index (κ3) is 6.72. The van der Waals surface area contributed by atoms with Crippen LogP contribution in [-0.2, 0) is 27.4 Å². The molecule has 1 aromatic heterocycles. The van der Waals surface area contributed by atoms with Crippen molar-refractivity contribution in [1.82, 2.24) is 9.13 Å². The van der Waals surface area contributed by atoms with Crippen LogP contribution in [0, 0.1) is 11.7 Å². The van der Waals surface area contributed by atoms with E-state index in [-0.39, 0.29) is 24.1 Å². The molecule has 36 heavy (non-hydrogen) atoms. The molecule has 2 heterocycles. The zero-order chi connectivity index (χ0) is 25.3. The van der Waals surface area contributed by atoms with Crippen molar-refractivity contribution in [2.75, 3.05) is 13.2 Å². The lowest BCUT2D eigenvalue weighted by Crippen LogP contribution is -2.33. The lowest BCUT2D eigenvalue weighted by Gasteiger charge is -2.29. The number of aryl methyl sites for hydroxylation is 1. The standard InChI is InChI=1S/C29H37FN2O4/c1-3-8-22(9-4-2)14-15-31-16-17-32(29(31)33)27-13-12-23(18-26(27)30)19-34-25-20-35-28(36-21-25)24-10-6-5-7-11-24/h5-7,10-13,16-18,22,25,28H,3-4,8-9,14-15,19-21H2,1-2H3. The molecule has 0 atom stereocenters. The number of hydrogen-bond donors (Lipinski definition) is 0. The number of aromatic nitrogens is 2. The normalized spacial score (nSPS) is 18.1. The monoisotopic (exact) mass is 496 g/mol. The number of rotatable bonds is 12. The van der Waals surface area contributed by atoms with Gasteiger partial charge in [-0.2, -0.15) is 0 Å². The summed E-state index contributed by atoms with van der Waals surface area (Å²) in [5.74, 6) is 0.168. The maximum absolute atomic E-state index is 15.0. The van der Waals surface area contributed by atoms with Gasteiger partial charge >= 0.3 is 5.69 Å². The molecule has 3 aromatic rings. The van der Waals surface area contributed by atoms with Gasteiger partial charge in [0.25, 0.3) is 0 Å². The summed E-state index contributed by atoms with van der Waals surface area (Å²) in [5, 5.41) is 0. The van der Waals surface area contributed by atoms with Crippen LogP contribution in [-0.4, -0.2) is 28.5 Å². The highest BCUT2D eigenvalue weighted by Gasteiger charge is 2.24. The number of hydrogen-bond acceptors (Lipinski definition) is 4. The fourth-order valence-corrected chi connectivity index (χ4v) is 4.77. The van der Waals surface area contributed by atoms with E-state index in [9.17, 15) is 9.18 Å². The molecule has 0 amide bonds. The first kappa shape index (κ1) is 26.3. The zero-order valence-electron chi connectivity index (χ0n) is 21.3. The molecule has 194 valence electrons. The van der Waals surface area contributed by atoms with E-state index in [0.29, 0.717) is 31.2 Å². The number of halogens is 1. The van der Waals surface area contributed by atoms with Crippen LogP contribution in [0.2, 0.25) is 0 Å². The predicted molar refractivity (Wildman–Crippen MR) is 138 cm³/mol. The maximum atomic E-state index is 15.0. The second kappa shape index (κ2) is 13.0. The van der Waals surface area contributed by atoms with Crippen molar-refractivity contribution in [3.8, 4) is 5.69 Å². The predicted octanol–water partition coefficient (Wildman–Crippen LogP) is 6.02. The van der Waals surface area contributed by atoms with E-state index < -0.39 is 12.1 Å². The van der Waals surface area contributed by atoms with E-state index >= 15 is 0 Å². The molecule has 7 heteroatoms. The van der Waals surface area contributed by atoms with Gasteiger partial charge in [0.15, 0.2) is 6.29 Å². The highest BCUT2D eigenvalue weighted by atomic mass is 19.1. The molecule has 0 saturated carbocycles. The zero-order valence-corrected chi connectivity index (χ0v) is 21.3. The summed E-state index contributed by atoms with van der Waals surface area (Å²) in [7, 11) is 0. The van der Waals surface area contributed by atoms with Crippen molar-refractivity contribution in [3.63, 3.8) is 0 Å². The van der Waals surface area contributed by atoms with Gasteiger partial charge in [-0.25, -0.2) is 9.18 Å². The van der Waals surface area contributed by atoms with Gasteiger partial charge in [0.1, 0.15) is 11.9 Å². The molecule has 0 unspecified atom stereocenters. The van der Waals surface area contributed by atoms with Gasteiger partial charge in [-0.05, 0) is 30.0 Å². The second-order valence-electron chi connectivity index (χ2n) is 9.50. The molecular weight excluding hydrogens is 459 g/mol. The Bertz CT molecular complexity index is 1130. The Labute approximate surface area is 212 Å². The van der Waals surface area contributed by atoms with Crippen LogP contribution < -0.4 is 5.69 Å². The van der Waals surface area contributed by atoms with Gasteiger partial charge in [0.2, 0.25) is 0 Å². The quantitative estimate of drug-likeness (QED) is 0.308. The third-order valence-electron chi connectivity index (χ3n) is 6.72. The van der Waals surface area contributed by atoms with Crippen LogP contribution in [0.4, 0.5) is 4.39 Å². The average Bonchev–Trinajstić information content (AvgIpc) is 3.27. The minimum atomic E-state index is -0.453. The number of benzene rings is 2.